The van der Waals surface area contributed by atoms with Crippen LogP contribution in [0.25, 0.3) is 0 Å². The minimum absolute atomic E-state index is 0.00681. The molecule has 0 saturated carbocycles. The molecule has 0 spiro atoms. The van der Waals surface area contributed by atoms with Crippen molar-refractivity contribution in [3.63, 3.8) is 0 Å². The number of carbonyl (C=O) groups is 1. The fourth-order valence-electron chi connectivity index (χ4n) is 1.86. The largest absolute Gasteiger partial charge is 0.303 e. The Balaban J connectivity index is 1.90. The van der Waals surface area contributed by atoms with E-state index in [9.17, 15) is 13.2 Å². The van der Waals surface area contributed by atoms with Crippen LogP contribution in [0.15, 0.2) is 0 Å². The van der Waals surface area contributed by atoms with E-state index in [2.05, 4.69) is 5.32 Å². The summed E-state index contributed by atoms with van der Waals surface area (Å²) >= 11 is 1.34. The summed E-state index contributed by atoms with van der Waals surface area (Å²) in [6.45, 7) is 0. The minimum Gasteiger partial charge on any atom is -0.303 e. The van der Waals surface area contributed by atoms with Crippen LogP contribution in [0.3, 0.4) is 0 Å². The highest BCUT2D eigenvalue weighted by Gasteiger charge is 2.33. The molecule has 0 aliphatic carbocycles. The van der Waals surface area contributed by atoms with Crippen molar-refractivity contribution in [2.45, 2.75) is 24.9 Å². The van der Waals surface area contributed by atoms with Gasteiger partial charge in [0.25, 0.3) is 0 Å². The molecule has 2 atom stereocenters. The number of sulfone groups is 1. The van der Waals surface area contributed by atoms with Gasteiger partial charge in [-0.3, -0.25) is 4.79 Å². The number of hydrogen-bond acceptors (Lipinski definition) is 5. The summed E-state index contributed by atoms with van der Waals surface area (Å²) in [5.41, 5.74) is 0. The Morgan fingerprint density at radius 1 is 1.36 bits per heavy atom. The Hall–Kier alpha value is -0.0700. The van der Waals surface area contributed by atoms with Gasteiger partial charge in [0.1, 0.15) is 0 Å². The van der Waals surface area contributed by atoms with E-state index in [-0.39, 0.29) is 28.7 Å². The first-order valence-electron chi connectivity index (χ1n) is 4.70. The summed E-state index contributed by atoms with van der Waals surface area (Å²) < 4.78 is 22.3. The third kappa shape index (κ3) is 2.29. The molecule has 2 heterocycles. The normalized spacial score (nSPS) is 36.4. The van der Waals surface area contributed by atoms with Gasteiger partial charge >= 0.3 is 0 Å². The molecule has 2 saturated heterocycles. The summed E-state index contributed by atoms with van der Waals surface area (Å²) in [5.74, 6) is 1.32. The molecule has 0 aromatic carbocycles. The van der Waals surface area contributed by atoms with Crippen molar-refractivity contribution < 1.29 is 13.2 Å². The molecular weight excluding hydrogens is 222 g/mol. The maximum absolute atomic E-state index is 11.3. The van der Waals surface area contributed by atoms with E-state index < -0.39 is 9.84 Å². The van der Waals surface area contributed by atoms with Crippen LogP contribution in [-0.2, 0) is 14.6 Å². The van der Waals surface area contributed by atoms with Gasteiger partial charge in [0.2, 0.25) is 5.12 Å². The third-order valence-corrected chi connectivity index (χ3v) is 5.38. The van der Waals surface area contributed by atoms with Gasteiger partial charge in [0.15, 0.2) is 9.84 Å². The van der Waals surface area contributed by atoms with E-state index in [4.69, 9.17) is 0 Å². The molecule has 2 rings (SSSR count). The van der Waals surface area contributed by atoms with Gasteiger partial charge in [-0.25, -0.2) is 8.42 Å². The lowest BCUT2D eigenvalue weighted by Gasteiger charge is -2.14. The second-order valence-corrected chi connectivity index (χ2v) is 7.10. The van der Waals surface area contributed by atoms with Crippen molar-refractivity contribution in [2.75, 3.05) is 17.3 Å². The maximum Gasteiger partial charge on any atom is 0.205 e. The molecule has 80 valence electrons. The zero-order valence-corrected chi connectivity index (χ0v) is 9.36. The Morgan fingerprint density at radius 2 is 2.14 bits per heavy atom. The highest BCUT2D eigenvalue weighted by molar-refractivity contribution is 8.14. The standard InChI is InChI=1S/C8H13NO3S2/c10-8-7(1-3-13-8)9-6-2-4-14(11,12)5-6/h6-7,9H,1-5H2. The molecule has 1 N–H and O–H groups in total. The SMILES string of the molecule is O=C1SCCC1NC1CCS(=O)(=O)C1. The third-order valence-electron chi connectivity index (χ3n) is 2.60. The first-order chi connectivity index (χ1) is 6.57. The molecule has 14 heavy (non-hydrogen) atoms. The van der Waals surface area contributed by atoms with Gasteiger partial charge in [0.05, 0.1) is 17.5 Å². The Morgan fingerprint density at radius 3 is 2.64 bits per heavy atom. The van der Waals surface area contributed by atoms with Gasteiger partial charge in [-0.2, -0.15) is 0 Å². The molecule has 0 aromatic rings. The van der Waals surface area contributed by atoms with E-state index in [1.807, 2.05) is 0 Å². The van der Waals surface area contributed by atoms with Gasteiger partial charge in [-0.05, 0) is 12.8 Å². The maximum atomic E-state index is 11.3. The molecule has 2 unspecified atom stereocenters. The van der Waals surface area contributed by atoms with Crippen LogP contribution in [0.5, 0.6) is 0 Å². The molecule has 0 bridgehead atoms. The number of hydrogen-bond donors (Lipinski definition) is 1. The summed E-state index contributed by atoms with van der Waals surface area (Å²) in [6, 6.07) is -0.119. The molecule has 2 fully saturated rings. The molecule has 0 amide bonds. The number of nitrogens with one attached hydrogen (secondary N) is 1. The molecule has 0 radical (unpaired) electrons. The van der Waals surface area contributed by atoms with Crippen molar-refractivity contribution in [1.29, 1.82) is 0 Å². The monoisotopic (exact) mass is 235 g/mol. The lowest BCUT2D eigenvalue weighted by atomic mass is 10.2. The Bertz CT molecular complexity index is 338. The van der Waals surface area contributed by atoms with Crippen LogP contribution in [0, 0.1) is 0 Å². The van der Waals surface area contributed by atoms with Gasteiger partial charge in [-0.15, -0.1) is 0 Å². The summed E-state index contributed by atoms with van der Waals surface area (Å²) in [5, 5.41) is 3.30. The smallest absolute Gasteiger partial charge is 0.205 e. The Kier molecular flexibility index (Phi) is 2.86. The van der Waals surface area contributed by atoms with E-state index in [0.717, 1.165) is 12.2 Å². The second-order valence-electron chi connectivity index (χ2n) is 3.78. The van der Waals surface area contributed by atoms with Crippen molar-refractivity contribution in [1.82, 2.24) is 5.32 Å². The molecule has 4 nitrogen and oxygen atoms in total. The predicted molar refractivity (Wildman–Crippen MR) is 56.1 cm³/mol. The van der Waals surface area contributed by atoms with Crippen LogP contribution in [0.2, 0.25) is 0 Å². The van der Waals surface area contributed by atoms with Gasteiger partial charge in [-0.1, -0.05) is 11.8 Å². The lowest BCUT2D eigenvalue weighted by Crippen LogP contribution is -2.40. The van der Waals surface area contributed by atoms with E-state index >= 15 is 0 Å². The molecule has 2 aliphatic rings. The number of rotatable bonds is 2. The van der Waals surface area contributed by atoms with E-state index in [1.54, 1.807) is 0 Å². The molecular formula is C8H13NO3S2. The van der Waals surface area contributed by atoms with Crippen molar-refractivity contribution in [3.05, 3.63) is 0 Å². The first-order valence-corrected chi connectivity index (χ1v) is 7.51. The summed E-state index contributed by atoms with van der Waals surface area (Å²) in [6.07, 6.45) is 1.48. The average Bonchev–Trinajstić information content (AvgIpc) is 2.61. The second kappa shape index (κ2) is 3.83. The summed E-state index contributed by atoms with van der Waals surface area (Å²) in [4.78, 5) is 11.3. The molecule has 2 aliphatic heterocycles. The average molecular weight is 235 g/mol. The lowest BCUT2D eigenvalue weighted by molar-refractivity contribution is -0.112. The fraction of sp³-hybridized carbons (Fsp3) is 0.875. The fourth-order valence-corrected chi connectivity index (χ4v) is 4.49. The van der Waals surface area contributed by atoms with Crippen LogP contribution in [-0.4, -0.2) is 42.9 Å². The highest BCUT2D eigenvalue weighted by Crippen LogP contribution is 2.21. The van der Waals surface area contributed by atoms with Gasteiger partial charge in [0, 0.05) is 11.8 Å². The zero-order chi connectivity index (χ0) is 10.2. The summed E-state index contributed by atoms with van der Waals surface area (Å²) in [7, 11) is -2.84. The number of thioether (sulfide) groups is 1. The van der Waals surface area contributed by atoms with Crippen LogP contribution in [0.1, 0.15) is 12.8 Å². The van der Waals surface area contributed by atoms with Crippen LogP contribution in [0.4, 0.5) is 0 Å². The first kappa shape index (κ1) is 10.4. The minimum atomic E-state index is -2.84. The quantitative estimate of drug-likeness (QED) is 0.718. The number of carbonyl (C=O) groups excluding carboxylic acids is 1. The molecule has 6 heteroatoms. The van der Waals surface area contributed by atoms with Crippen molar-refractivity contribution in [2.24, 2.45) is 0 Å². The highest BCUT2D eigenvalue weighted by atomic mass is 32.2. The van der Waals surface area contributed by atoms with Crippen molar-refractivity contribution >= 4 is 26.7 Å². The van der Waals surface area contributed by atoms with Crippen LogP contribution < -0.4 is 5.32 Å². The van der Waals surface area contributed by atoms with E-state index in [0.29, 0.717) is 6.42 Å². The molecule has 0 aromatic heterocycles. The topological polar surface area (TPSA) is 63.2 Å². The Labute approximate surface area is 87.7 Å². The van der Waals surface area contributed by atoms with E-state index in [1.165, 1.54) is 11.8 Å². The van der Waals surface area contributed by atoms with Gasteiger partial charge < -0.3 is 5.32 Å². The predicted octanol–water partition coefficient (Wildman–Crippen LogP) is -0.205. The zero-order valence-electron chi connectivity index (χ0n) is 7.73. The van der Waals surface area contributed by atoms with Crippen LogP contribution >= 0.6 is 11.8 Å². The van der Waals surface area contributed by atoms with Crippen molar-refractivity contribution in [3.8, 4) is 0 Å².